The molecule has 162 valence electrons. The summed E-state index contributed by atoms with van der Waals surface area (Å²) in [5, 5.41) is 9.96. The Morgan fingerprint density at radius 1 is 1.16 bits per heavy atom. The lowest BCUT2D eigenvalue weighted by atomic mass is 9.78. The highest BCUT2D eigenvalue weighted by atomic mass is 16.5. The number of hydrogen-bond acceptors (Lipinski definition) is 7. The summed E-state index contributed by atoms with van der Waals surface area (Å²) < 4.78 is 2.19. The van der Waals surface area contributed by atoms with E-state index in [9.17, 15) is 4.79 Å². The van der Waals surface area contributed by atoms with E-state index in [1.807, 2.05) is 12.4 Å². The highest BCUT2D eigenvalue weighted by molar-refractivity contribution is 5.92. The van der Waals surface area contributed by atoms with Gasteiger partial charge >= 0.3 is 0 Å². The van der Waals surface area contributed by atoms with Crippen molar-refractivity contribution < 1.29 is 10.0 Å². The van der Waals surface area contributed by atoms with Crippen LogP contribution in [0.4, 0.5) is 5.95 Å². The van der Waals surface area contributed by atoms with Crippen molar-refractivity contribution in [1.82, 2.24) is 29.9 Å². The predicted molar refractivity (Wildman–Crippen MR) is 116 cm³/mol. The molecule has 3 aromatic heterocycles. The number of aromatic nitrogens is 4. The van der Waals surface area contributed by atoms with Crippen molar-refractivity contribution in [2.45, 2.75) is 25.8 Å². The molecule has 31 heavy (non-hydrogen) atoms. The van der Waals surface area contributed by atoms with Gasteiger partial charge in [0.25, 0.3) is 5.91 Å². The van der Waals surface area contributed by atoms with E-state index >= 15 is 0 Å². The highest BCUT2D eigenvalue weighted by Gasteiger charge is 2.41. The van der Waals surface area contributed by atoms with Crippen molar-refractivity contribution in [2.75, 3.05) is 31.1 Å². The zero-order valence-electron chi connectivity index (χ0n) is 17.7. The van der Waals surface area contributed by atoms with Gasteiger partial charge in [0.2, 0.25) is 5.95 Å². The zero-order chi connectivity index (χ0) is 21.4. The standard InChI is InChI=1S/C22H27N7O2/c1-27-13-17(18-12-23-6-2-19(18)27)14-28-7-3-22(15-28)4-8-29(9-5-22)21-24-10-16(11-25-21)20(30)26-31/h2,6,10-13,31H,3-5,7-9,14-15H2,1H3,(H,26,30). The lowest BCUT2D eigenvalue weighted by Gasteiger charge is -2.39. The Hall–Kier alpha value is -3.04. The lowest BCUT2D eigenvalue weighted by molar-refractivity contribution is 0.0705. The maximum absolute atomic E-state index is 11.4. The van der Waals surface area contributed by atoms with Crippen LogP contribution in [0.5, 0.6) is 0 Å². The third kappa shape index (κ3) is 3.75. The van der Waals surface area contributed by atoms with E-state index in [1.54, 1.807) is 5.48 Å². The number of carbonyl (C=O) groups excluding carboxylic acids is 1. The van der Waals surface area contributed by atoms with Crippen LogP contribution in [-0.4, -0.2) is 61.7 Å². The summed E-state index contributed by atoms with van der Waals surface area (Å²) in [4.78, 5) is 29.2. The molecule has 0 radical (unpaired) electrons. The molecule has 2 aliphatic rings. The molecule has 0 bridgehead atoms. The second-order valence-corrected chi connectivity index (χ2v) is 8.82. The van der Waals surface area contributed by atoms with Gasteiger partial charge in [-0.15, -0.1) is 0 Å². The van der Waals surface area contributed by atoms with Crippen LogP contribution in [0.2, 0.25) is 0 Å². The second kappa shape index (κ2) is 7.90. The molecule has 2 saturated heterocycles. The number of nitrogens with zero attached hydrogens (tertiary/aromatic N) is 6. The number of amides is 1. The maximum Gasteiger partial charge on any atom is 0.277 e. The molecule has 5 rings (SSSR count). The zero-order valence-corrected chi connectivity index (χ0v) is 17.7. The molecular formula is C22H27N7O2. The van der Waals surface area contributed by atoms with Crippen molar-refractivity contribution in [3.63, 3.8) is 0 Å². The van der Waals surface area contributed by atoms with Crippen LogP contribution >= 0.6 is 0 Å². The number of hydrogen-bond donors (Lipinski definition) is 2. The van der Waals surface area contributed by atoms with Crippen molar-refractivity contribution in [3.05, 3.63) is 48.2 Å². The van der Waals surface area contributed by atoms with Crippen molar-refractivity contribution >= 4 is 22.8 Å². The molecule has 1 amide bonds. The molecule has 1 spiro atoms. The van der Waals surface area contributed by atoms with E-state index < -0.39 is 5.91 Å². The topological polar surface area (TPSA) is 99.4 Å². The minimum atomic E-state index is -0.600. The molecule has 0 aliphatic carbocycles. The molecule has 0 aromatic carbocycles. The Bertz CT molecular complexity index is 1090. The summed E-state index contributed by atoms with van der Waals surface area (Å²) in [6.07, 6.45) is 12.4. The third-order valence-corrected chi connectivity index (χ3v) is 6.89. The number of carbonyl (C=O) groups is 1. The quantitative estimate of drug-likeness (QED) is 0.491. The fourth-order valence-electron chi connectivity index (χ4n) is 5.10. The Morgan fingerprint density at radius 3 is 2.65 bits per heavy atom. The van der Waals surface area contributed by atoms with Crippen LogP contribution in [0.15, 0.2) is 37.1 Å². The van der Waals surface area contributed by atoms with Crippen molar-refractivity contribution in [1.29, 1.82) is 0 Å². The van der Waals surface area contributed by atoms with Crippen LogP contribution < -0.4 is 10.4 Å². The number of aryl methyl sites for hydroxylation is 1. The molecule has 9 heteroatoms. The number of likely N-dealkylation sites (tertiary alicyclic amines) is 1. The molecule has 2 N–H and O–H groups in total. The number of nitrogens with one attached hydrogen (secondary N) is 1. The average molecular weight is 422 g/mol. The SMILES string of the molecule is Cn1cc(CN2CCC3(CCN(c4ncc(C(=O)NO)cn4)CC3)C2)c2cnccc21. The number of piperidine rings is 1. The largest absolute Gasteiger partial charge is 0.350 e. The summed E-state index contributed by atoms with van der Waals surface area (Å²) in [6.45, 7) is 5.03. The van der Waals surface area contributed by atoms with E-state index in [0.717, 1.165) is 45.6 Å². The first-order valence-corrected chi connectivity index (χ1v) is 10.7. The van der Waals surface area contributed by atoms with Crippen LogP contribution in [0, 0.1) is 5.41 Å². The summed E-state index contributed by atoms with van der Waals surface area (Å²) in [7, 11) is 2.10. The van der Waals surface area contributed by atoms with Gasteiger partial charge in [-0.3, -0.25) is 19.9 Å². The van der Waals surface area contributed by atoms with Crippen LogP contribution in [0.3, 0.4) is 0 Å². The lowest BCUT2D eigenvalue weighted by Crippen LogP contribution is -2.42. The van der Waals surface area contributed by atoms with E-state index in [2.05, 4.69) is 48.6 Å². The fourth-order valence-corrected chi connectivity index (χ4v) is 5.10. The van der Waals surface area contributed by atoms with Gasteiger partial charge < -0.3 is 9.47 Å². The van der Waals surface area contributed by atoms with Gasteiger partial charge in [0, 0.05) is 69.6 Å². The monoisotopic (exact) mass is 421 g/mol. The molecule has 2 fully saturated rings. The Labute approximate surface area is 180 Å². The van der Waals surface area contributed by atoms with Gasteiger partial charge in [-0.25, -0.2) is 15.4 Å². The van der Waals surface area contributed by atoms with Gasteiger partial charge in [-0.05, 0) is 42.9 Å². The van der Waals surface area contributed by atoms with Gasteiger partial charge in [0.1, 0.15) is 0 Å². The van der Waals surface area contributed by atoms with Crippen molar-refractivity contribution in [2.24, 2.45) is 12.5 Å². The number of fused-ring (bicyclic) bond motifs is 1. The molecule has 0 atom stereocenters. The molecule has 0 saturated carbocycles. The van der Waals surface area contributed by atoms with Gasteiger partial charge in [-0.1, -0.05) is 0 Å². The molecule has 5 heterocycles. The van der Waals surface area contributed by atoms with Crippen LogP contribution in [-0.2, 0) is 13.6 Å². The van der Waals surface area contributed by atoms with E-state index in [-0.39, 0.29) is 5.56 Å². The second-order valence-electron chi connectivity index (χ2n) is 8.82. The van der Waals surface area contributed by atoms with Gasteiger partial charge in [0.05, 0.1) is 11.1 Å². The van der Waals surface area contributed by atoms with Crippen LogP contribution in [0.25, 0.3) is 10.9 Å². The number of rotatable bonds is 4. The Kier molecular flexibility index (Phi) is 5.07. The first-order chi connectivity index (χ1) is 15.1. The third-order valence-electron chi connectivity index (χ3n) is 6.89. The Morgan fingerprint density at radius 2 is 1.90 bits per heavy atom. The average Bonchev–Trinajstić information content (AvgIpc) is 3.35. The van der Waals surface area contributed by atoms with Crippen LogP contribution in [0.1, 0.15) is 35.2 Å². The number of anilines is 1. The first-order valence-electron chi connectivity index (χ1n) is 10.7. The minimum absolute atomic E-state index is 0.245. The normalized spacial score (nSPS) is 18.7. The number of hydroxylamine groups is 1. The maximum atomic E-state index is 11.4. The van der Waals surface area contributed by atoms with Gasteiger partial charge in [0.15, 0.2) is 0 Å². The summed E-state index contributed by atoms with van der Waals surface area (Å²) >= 11 is 0. The van der Waals surface area contributed by atoms with Gasteiger partial charge in [-0.2, -0.15) is 0 Å². The summed E-state index contributed by atoms with van der Waals surface area (Å²) in [5.41, 5.74) is 4.78. The Balaban J connectivity index is 1.21. The smallest absolute Gasteiger partial charge is 0.277 e. The highest BCUT2D eigenvalue weighted by Crippen LogP contribution is 2.41. The first kappa shape index (κ1) is 19.9. The molecule has 9 nitrogen and oxygen atoms in total. The minimum Gasteiger partial charge on any atom is -0.350 e. The molecule has 0 unspecified atom stereocenters. The molecular weight excluding hydrogens is 394 g/mol. The number of pyridine rings is 1. The fraction of sp³-hybridized carbons (Fsp3) is 0.455. The van der Waals surface area contributed by atoms with Crippen molar-refractivity contribution in [3.8, 4) is 0 Å². The molecule has 2 aliphatic heterocycles. The summed E-state index contributed by atoms with van der Waals surface area (Å²) in [5.74, 6) is 0.0413. The summed E-state index contributed by atoms with van der Waals surface area (Å²) in [6, 6.07) is 2.07. The van der Waals surface area contributed by atoms with E-state index in [4.69, 9.17) is 5.21 Å². The van der Waals surface area contributed by atoms with E-state index in [1.165, 1.54) is 35.3 Å². The van der Waals surface area contributed by atoms with E-state index in [0.29, 0.717) is 11.4 Å². The molecule has 3 aromatic rings. The predicted octanol–water partition coefficient (Wildman–Crippen LogP) is 1.97.